The summed E-state index contributed by atoms with van der Waals surface area (Å²) < 4.78 is 13.3. The first-order chi connectivity index (χ1) is 6.38. The van der Waals surface area contributed by atoms with Gasteiger partial charge in [0.2, 0.25) is 0 Å². The molecule has 78 valence electrons. The van der Waals surface area contributed by atoms with Crippen molar-refractivity contribution >= 4 is 12.4 Å². The van der Waals surface area contributed by atoms with E-state index < -0.39 is 0 Å². The summed E-state index contributed by atoms with van der Waals surface area (Å²) in [5.74, 6) is 0.311. The Balaban J connectivity index is 0.000000980. The second-order valence-electron chi connectivity index (χ2n) is 3.56. The second kappa shape index (κ2) is 5.32. The molecule has 1 aliphatic rings. The Labute approximate surface area is 90.1 Å². The van der Waals surface area contributed by atoms with Crippen molar-refractivity contribution in [1.29, 1.82) is 0 Å². The van der Waals surface area contributed by atoms with Gasteiger partial charge in [-0.1, -0.05) is 18.2 Å². The summed E-state index contributed by atoms with van der Waals surface area (Å²) in [7, 11) is 0. The molecule has 1 unspecified atom stereocenters. The Kier molecular flexibility index (Phi) is 4.36. The molecule has 1 nitrogen and oxygen atoms in total. The highest BCUT2D eigenvalue weighted by Crippen LogP contribution is 2.24. The molecule has 0 radical (unpaired) electrons. The molecule has 14 heavy (non-hydrogen) atoms. The summed E-state index contributed by atoms with van der Waals surface area (Å²) in [6.45, 7) is 1.99. The van der Waals surface area contributed by atoms with Crippen molar-refractivity contribution < 1.29 is 4.39 Å². The zero-order valence-corrected chi connectivity index (χ0v) is 8.82. The average molecular weight is 216 g/mol. The maximum atomic E-state index is 13.3. The maximum Gasteiger partial charge on any atom is 0.126 e. The van der Waals surface area contributed by atoms with Crippen LogP contribution in [0.1, 0.15) is 24.3 Å². The summed E-state index contributed by atoms with van der Waals surface area (Å²) in [6.07, 6.45) is 2.26. The molecule has 0 aromatic heterocycles. The number of nitrogens with one attached hydrogen (secondary N) is 1. The monoisotopic (exact) mass is 215 g/mol. The quantitative estimate of drug-likeness (QED) is 0.760. The lowest BCUT2D eigenvalue weighted by Gasteiger charge is -2.23. The van der Waals surface area contributed by atoms with Crippen LogP contribution in [0.2, 0.25) is 0 Å². The number of hydrogen-bond acceptors (Lipinski definition) is 1. The summed E-state index contributed by atoms with van der Waals surface area (Å²) in [5.41, 5.74) is 0.870. The molecule has 0 saturated carbocycles. The van der Waals surface area contributed by atoms with Crippen molar-refractivity contribution in [3.8, 4) is 0 Å². The van der Waals surface area contributed by atoms with Crippen LogP contribution < -0.4 is 5.32 Å². The van der Waals surface area contributed by atoms with Crippen LogP contribution in [0.3, 0.4) is 0 Å². The van der Waals surface area contributed by atoms with E-state index in [2.05, 4.69) is 5.32 Å². The van der Waals surface area contributed by atoms with Crippen molar-refractivity contribution in [3.63, 3.8) is 0 Å². The molecule has 1 N–H and O–H groups in total. The molecule has 1 saturated heterocycles. The Morgan fingerprint density at radius 2 is 2.07 bits per heavy atom. The summed E-state index contributed by atoms with van der Waals surface area (Å²) in [4.78, 5) is 0. The van der Waals surface area contributed by atoms with Gasteiger partial charge in [0, 0.05) is 6.54 Å². The van der Waals surface area contributed by atoms with Crippen LogP contribution in [0.15, 0.2) is 24.3 Å². The van der Waals surface area contributed by atoms with Crippen LogP contribution in [0, 0.1) is 5.82 Å². The van der Waals surface area contributed by atoms with Gasteiger partial charge in [-0.05, 0) is 36.9 Å². The molecule has 1 aromatic carbocycles. The second-order valence-corrected chi connectivity index (χ2v) is 3.56. The SMILES string of the molecule is Cl.Fc1ccccc1C1CCCNC1. The number of benzene rings is 1. The lowest BCUT2D eigenvalue weighted by Crippen LogP contribution is -2.28. The van der Waals surface area contributed by atoms with E-state index in [1.165, 1.54) is 0 Å². The van der Waals surface area contributed by atoms with Crippen molar-refractivity contribution in [2.24, 2.45) is 0 Å². The summed E-state index contributed by atoms with van der Waals surface area (Å²) >= 11 is 0. The van der Waals surface area contributed by atoms with Crippen LogP contribution >= 0.6 is 12.4 Å². The Hall–Kier alpha value is -0.600. The molecule has 1 heterocycles. The normalized spacial score (nSPS) is 21.4. The fourth-order valence-electron chi connectivity index (χ4n) is 1.92. The third-order valence-corrected chi connectivity index (χ3v) is 2.64. The zero-order valence-electron chi connectivity index (χ0n) is 8.00. The molecule has 3 heteroatoms. The van der Waals surface area contributed by atoms with E-state index in [0.29, 0.717) is 5.92 Å². The zero-order chi connectivity index (χ0) is 9.10. The smallest absolute Gasteiger partial charge is 0.126 e. The third-order valence-electron chi connectivity index (χ3n) is 2.64. The van der Waals surface area contributed by atoms with Crippen LogP contribution in [-0.4, -0.2) is 13.1 Å². The number of hydrogen-bond donors (Lipinski definition) is 1. The van der Waals surface area contributed by atoms with E-state index in [1.807, 2.05) is 12.1 Å². The minimum atomic E-state index is -0.0591. The molecule has 0 aliphatic carbocycles. The topological polar surface area (TPSA) is 12.0 Å². The highest BCUT2D eigenvalue weighted by atomic mass is 35.5. The molecular formula is C11H15ClFN. The predicted molar refractivity (Wildman–Crippen MR) is 58.5 cm³/mol. The van der Waals surface area contributed by atoms with Gasteiger partial charge in [-0.15, -0.1) is 12.4 Å². The lowest BCUT2D eigenvalue weighted by molar-refractivity contribution is 0.446. The molecule has 1 fully saturated rings. The van der Waals surface area contributed by atoms with Gasteiger partial charge in [-0.25, -0.2) is 4.39 Å². The first-order valence-electron chi connectivity index (χ1n) is 4.83. The fourth-order valence-corrected chi connectivity index (χ4v) is 1.92. The van der Waals surface area contributed by atoms with Crippen LogP contribution in [0.25, 0.3) is 0 Å². The van der Waals surface area contributed by atoms with Crippen LogP contribution in [-0.2, 0) is 0 Å². The maximum absolute atomic E-state index is 13.3. The van der Waals surface area contributed by atoms with E-state index >= 15 is 0 Å². The first-order valence-corrected chi connectivity index (χ1v) is 4.83. The minimum Gasteiger partial charge on any atom is -0.316 e. The van der Waals surface area contributed by atoms with Gasteiger partial charge < -0.3 is 5.32 Å². The molecule has 0 bridgehead atoms. The van der Waals surface area contributed by atoms with Crippen molar-refractivity contribution in [2.45, 2.75) is 18.8 Å². The van der Waals surface area contributed by atoms with E-state index in [9.17, 15) is 4.39 Å². The molecule has 2 rings (SSSR count). The van der Waals surface area contributed by atoms with E-state index in [4.69, 9.17) is 0 Å². The summed E-state index contributed by atoms with van der Waals surface area (Å²) in [6, 6.07) is 7.10. The van der Waals surface area contributed by atoms with Gasteiger partial charge >= 0.3 is 0 Å². The van der Waals surface area contributed by atoms with Crippen molar-refractivity contribution in [2.75, 3.05) is 13.1 Å². The number of rotatable bonds is 1. The fraction of sp³-hybridized carbons (Fsp3) is 0.455. The summed E-state index contributed by atoms with van der Waals surface area (Å²) in [5, 5.41) is 3.29. The molecular weight excluding hydrogens is 201 g/mol. The first kappa shape index (κ1) is 11.5. The minimum absolute atomic E-state index is 0. The predicted octanol–water partition coefficient (Wildman–Crippen LogP) is 2.71. The largest absolute Gasteiger partial charge is 0.316 e. The standard InChI is InChI=1S/C11H14FN.ClH/c12-11-6-2-1-5-10(11)9-4-3-7-13-8-9;/h1-2,5-6,9,13H,3-4,7-8H2;1H. The Morgan fingerprint density at radius 3 is 2.71 bits per heavy atom. The van der Waals surface area contributed by atoms with Gasteiger partial charge in [0.25, 0.3) is 0 Å². The highest BCUT2D eigenvalue weighted by molar-refractivity contribution is 5.85. The molecule has 1 aliphatic heterocycles. The van der Waals surface area contributed by atoms with Gasteiger partial charge in [-0.3, -0.25) is 0 Å². The van der Waals surface area contributed by atoms with Crippen LogP contribution in [0.4, 0.5) is 4.39 Å². The van der Waals surface area contributed by atoms with Crippen molar-refractivity contribution in [1.82, 2.24) is 5.32 Å². The molecule has 0 spiro atoms. The molecule has 1 atom stereocenters. The Bertz CT molecular complexity index is 284. The van der Waals surface area contributed by atoms with Crippen molar-refractivity contribution in [3.05, 3.63) is 35.6 Å². The molecule has 1 aromatic rings. The highest BCUT2D eigenvalue weighted by Gasteiger charge is 2.17. The average Bonchev–Trinajstić information content (AvgIpc) is 2.20. The van der Waals surface area contributed by atoms with E-state index in [0.717, 1.165) is 31.5 Å². The van der Waals surface area contributed by atoms with E-state index in [-0.39, 0.29) is 18.2 Å². The molecule has 0 amide bonds. The van der Waals surface area contributed by atoms with E-state index in [1.54, 1.807) is 12.1 Å². The van der Waals surface area contributed by atoms with Gasteiger partial charge in [0.05, 0.1) is 0 Å². The number of halogens is 2. The Morgan fingerprint density at radius 1 is 1.29 bits per heavy atom. The third kappa shape index (κ3) is 2.46. The number of piperidine rings is 1. The van der Waals surface area contributed by atoms with Gasteiger partial charge in [0.1, 0.15) is 5.82 Å². The van der Waals surface area contributed by atoms with Crippen LogP contribution in [0.5, 0.6) is 0 Å². The van der Waals surface area contributed by atoms with Gasteiger partial charge in [-0.2, -0.15) is 0 Å². The van der Waals surface area contributed by atoms with Gasteiger partial charge in [0.15, 0.2) is 0 Å². The lowest BCUT2D eigenvalue weighted by atomic mass is 9.91.